The summed E-state index contributed by atoms with van der Waals surface area (Å²) in [6, 6.07) is 13.0. The molecule has 11 heteroatoms. The number of benzene rings is 2. The van der Waals surface area contributed by atoms with Gasteiger partial charge < -0.3 is 33.5 Å². The highest BCUT2D eigenvalue weighted by Gasteiger charge is 2.50. The fourth-order valence-electron chi connectivity index (χ4n) is 6.47. The highest BCUT2D eigenvalue weighted by Crippen LogP contribution is 2.40. The standard InChI is InChI=1S/C33H40N4O7/c1-33(2,31(39)35-15-6-7-16-35)37-30(38)25-20-22(29-34-14-19-43-29)10-11-26(25)36(32(37)40)21-28(44-23-12-17-42-18-13-23)24-8-4-5-9-27(24)41-3/h4-5,8-11,14,19-20,23,28,32,40H,6-7,12-13,15-18,21H2,1-3H3/t28-,32?/m0/s1. The highest BCUT2D eigenvalue weighted by atomic mass is 16.5. The third-order valence-electron chi connectivity index (χ3n) is 8.84. The van der Waals surface area contributed by atoms with Gasteiger partial charge in [0.05, 0.1) is 37.2 Å². The lowest BCUT2D eigenvalue weighted by atomic mass is 9.95. The Bertz CT molecular complexity index is 1460. The molecule has 3 aliphatic heterocycles. The third-order valence-corrected chi connectivity index (χ3v) is 8.84. The Hall–Kier alpha value is -3.93. The molecule has 3 aromatic rings. The van der Waals surface area contributed by atoms with E-state index in [1.807, 2.05) is 30.3 Å². The fraction of sp³-hybridized carbons (Fsp3) is 0.485. The van der Waals surface area contributed by atoms with E-state index in [0.29, 0.717) is 54.8 Å². The van der Waals surface area contributed by atoms with Crippen LogP contribution in [0.1, 0.15) is 61.6 Å². The lowest BCUT2D eigenvalue weighted by molar-refractivity contribution is -0.146. The number of hydrogen-bond acceptors (Lipinski definition) is 9. The molecule has 3 aliphatic rings. The molecule has 1 unspecified atom stereocenters. The molecule has 2 saturated heterocycles. The number of nitrogens with zero attached hydrogens (tertiary/aromatic N) is 4. The molecule has 11 nitrogen and oxygen atoms in total. The van der Waals surface area contributed by atoms with Gasteiger partial charge >= 0.3 is 0 Å². The summed E-state index contributed by atoms with van der Waals surface area (Å²) in [5.74, 6) is 0.378. The summed E-state index contributed by atoms with van der Waals surface area (Å²) < 4.78 is 23.5. The number of aliphatic hydroxyl groups excluding tert-OH is 1. The molecule has 2 atom stereocenters. The van der Waals surface area contributed by atoms with E-state index >= 15 is 0 Å². The first-order valence-corrected chi connectivity index (χ1v) is 15.3. The minimum atomic E-state index is -1.44. The second kappa shape index (κ2) is 12.6. The van der Waals surface area contributed by atoms with E-state index in [-0.39, 0.29) is 18.6 Å². The molecule has 2 aromatic carbocycles. The number of likely N-dealkylation sites (tertiary alicyclic amines) is 1. The molecule has 0 aliphatic carbocycles. The van der Waals surface area contributed by atoms with Gasteiger partial charge in [-0.15, -0.1) is 0 Å². The summed E-state index contributed by atoms with van der Waals surface area (Å²) >= 11 is 0. The van der Waals surface area contributed by atoms with Gasteiger partial charge in [-0.2, -0.15) is 0 Å². The van der Waals surface area contributed by atoms with Crippen molar-refractivity contribution in [3.63, 3.8) is 0 Å². The molecular weight excluding hydrogens is 564 g/mol. The topological polar surface area (TPSA) is 118 Å². The Morgan fingerprint density at radius 3 is 2.59 bits per heavy atom. The van der Waals surface area contributed by atoms with Crippen molar-refractivity contribution in [2.24, 2.45) is 0 Å². The van der Waals surface area contributed by atoms with Crippen molar-refractivity contribution in [2.75, 3.05) is 44.9 Å². The molecule has 6 rings (SSSR count). The maximum atomic E-state index is 14.3. The maximum Gasteiger partial charge on any atom is 0.260 e. The van der Waals surface area contributed by atoms with Gasteiger partial charge in [0.1, 0.15) is 23.7 Å². The third kappa shape index (κ3) is 5.67. The number of oxazole rings is 1. The minimum absolute atomic E-state index is 0.0570. The molecule has 0 bridgehead atoms. The fourth-order valence-corrected chi connectivity index (χ4v) is 6.47. The lowest BCUT2D eigenvalue weighted by Crippen LogP contribution is -2.67. The number of rotatable bonds is 9. The van der Waals surface area contributed by atoms with Crippen molar-refractivity contribution in [3.05, 3.63) is 66.1 Å². The van der Waals surface area contributed by atoms with E-state index in [2.05, 4.69) is 4.98 Å². The number of fused-ring (bicyclic) bond motifs is 1. The number of ether oxygens (including phenoxy) is 3. The van der Waals surface area contributed by atoms with Crippen molar-refractivity contribution >= 4 is 17.5 Å². The molecule has 44 heavy (non-hydrogen) atoms. The van der Waals surface area contributed by atoms with Crippen molar-refractivity contribution < 1.29 is 33.3 Å². The van der Waals surface area contributed by atoms with Crippen LogP contribution in [0.4, 0.5) is 5.69 Å². The molecular formula is C33H40N4O7. The van der Waals surface area contributed by atoms with Crippen LogP contribution in [-0.2, 0) is 14.3 Å². The van der Waals surface area contributed by atoms with Crippen LogP contribution in [0.3, 0.4) is 0 Å². The number of aromatic nitrogens is 1. The van der Waals surface area contributed by atoms with Gasteiger partial charge in [0.2, 0.25) is 18.1 Å². The Labute approximate surface area is 257 Å². The van der Waals surface area contributed by atoms with Crippen molar-refractivity contribution in [1.82, 2.24) is 14.8 Å². The first-order valence-electron chi connectivity index (χ1n) is 15.3. The summed E-state index contributed by atoms with van der Waals surface area (Å²) in [5, 5.41) is 12.1. The van der Waals surface area contributed by atoms with Gasteiger partial charge in [-0.3, -0.25) is 14.5 Å². The first kappa shape index (κ1) is 30.1. The zero-order valence-electron chi connectivity index (χ0n) is 25.5. The minimum Gasteiger partial charge on any atom is -0.496 e. The zero-order chi connectivity index (χ0) is 30.8. The molecule has 234 valence electrons. The Balaban J connectivity index is 1.43. The largest absolute Gasteiger partial charge is 0.496 e. The Kier molecular flexibility index (Phi) is 8.61. The number of para-hydroxylation sites is 1. The summed E-state index contributed by atoms with van der Waals surface area (Å²) in [6.07, 6.45) is 4.30. The van der Waals surface area contributed by atoms with E-state index < -0.39 is 23.9 Å². The lowest BCUT2D eigenvalue weighted by Gasteiger charge is -2.50. The molecule has 0 radical (unpaired) electrons. The zero-order valence-corrected chi connectivity index (χ0v) is 25.5. The second-order valence-electron chi connectivity index (χ2n) is 12.0. The average molecular weight is 605 g/mol. The number of carbonyl (C=O) groups is 2. The van der Waals surface area contributed by atoms with Gasteiger partial charge in [0, 0.05) is 37.4 Å². The van der Waals surface area contributed by atoms with Gasteiger partial charge in [-0.25, -0.2) is 4.98 Å². The van der Waals surface area contributed by atoms with Crippen LogP contribution in [-0.4, -0.2) is 89.7 Å². The van der Waals surface area contributed by atoms with E-state index in [1.165, 1.54) is 11.2 Å². The van der Waals surface area contributed by atoms with Crippen LogP contribution in [0.25, 0.3) is 11.5 Å². The monoisotopic (exact) mass is 604 g/mol. The summed E-state index contributed by atoms with van der Waals surface area (Å²) in [5.41, 5.74) is 0.952. The molecule has 1 N–H and O–H groups in total. The molecule has 0 saturated carbocycles. The quantitative estimate of drug-likeness (QED) is 0.383. The number of methoxy groups -OCH3 is 1. The molecule has 4 heterocycles. The SMILES string of the molecule is COc1ccccc1[C@H](CN1c2ccc(-c3ncco3)cc2C(=O)N(C(C)(C)C(=O)N2CCCC2)C1O)OC1CCOCC1. The summed E-state index contributed by atoms with van der Waals surface area (Å²) in [6.45, 7) is 6.06. The predicted octanol–water partition coefficient (Wildman–Crippen LogP) is 4.23. The van der Waals surface area contributed by atoms with Crippen molar-refractivity contribution in [1.29, 1.82) is 0 Å². The summed E-state index contributed by atoms with van der Waals surface area (Å²) in [7, 11) is 1.62. The van der Waals surface area contributed by atoms with Gasteiger partial charge in [0.15, 0.2) is 0 Å². The molecule has 0 spiro atoms. The van der Waals surface area contributed by atoms with Gasteiger partial charge in [0.25, 0.3) is 5.91 Å². The number of hydrogen-bond donors (Lipinski definition) is 1. The van der Waals surface area contributed by atoms with Crippen LogP contribution in [0.5, 0.6) is 5.75 Å². The normalized spacial score (nSPS) is 20.1. The number of amides is 2. The van der Waals surface area contributed by atoms with Crippen LogP contribution in [0.15, 0.2) is 59.3 Å². The van der Waals surface area contributed by atoms with Crippen LogP contribution < -0.4 is 9.64 Å². The van der Waals surface area contributed by atoms with Gasteiger partial charge in [-0.1, -0.05) is 18.2 Å². The van der Waals surface area contributed by atoms with E-state index in [1.54, 1.807) is 49.1 Å². The maximum absolute atomic E-state index is 14.3. The second-order valence-corrected chi connectivity index (χ2v) is 12.0. The predicted molar refractivity (Wildman–Crippen MR) is 162 cm³/mol. The van der Waals surface area contributed by atoms with E-state index in [0.717, 1.165) is 31.2 Å². The average Bonchev–Trinajstić information content (AvgIpc) is 3.78. The van der Waals surface area contributed by atoms with Crippen LogP contribution in [0, 0.1) is 0 Å². The van der Waals surface area contributed by atoms with Crippen LogP contribution in [0.2, 0.25) is 0 Å². The first-order chi connectivity index (χ1) is 21.3. The molecule has 2 amide bonds. The summed E-state index contributed by atoms with van der Waals surface area (Å²) in [4.78, 5) is 37.2. The number of aliphatic hydroxyl groups is 1. The molecule has 1 aromatic heterocycles. The van der Waals surface area contributed by atoms with Crippen molar-refractivity contribution in [2.45, 2.75) is 63.6 Å². The van der Waals surface area contributed by atoms with Gasteiger partial charge in [-0.05, 0) is 63.8 Å². The smallest absolute Gasteiger partial charge is 0.260 e. The Morgan fingerprint density at radius 2 is 1.89 bits per heavy atom. The van der Waals surface area contributed by atoms with E-state index in [4.69, 9.17) is 18.6 Å². The number of carbonyl (C=O) groups excluding carboxylic acids is 2. The van der Waals surface area contributed by atoms with Crippen LogP contribution >= 0.6 is 0 Å². The van der Waals surface area contributed by atoms with Crippen molar-refractivity contribution in [3.8, 4) is 17.2 Å². The number of anilines is 1. The van der Waals surface area contributed by atoms with E-state index in [9.17, 15) is 14.7 Å². The molecule has 2 fully saturated rings. The Morgan fingerprint density at radius 1 is 1.14 bits per heavy atom. The highest BCUT2D eigenvalue weighted by molar-refractivity contribution is 6.05.